The molecule has 17 heavy (non-hydrogen) atoms. The minimum atomic E-state index is -0.615. The van der Waals surface area contributed by atoms with Crippen LogP contribution in [0.25, 0.3) is 0 Å². The fourth-order valence-corrected chi connectivity index (χ4v) is 2.33. The standard InChI is InChI=1S/C14H14BrNO/c1-9-5-11(8-16-7-9)14(17)13-4-3-12(15)6-10(13)2/h3-8,14,17H,1-2H3. The van der Waals surface area contributed by atoms with Gasteiger partial charge in [0.1, 0.15) is 6.10 Å². The van der Waals surface area contributed by atoms with Crippen LogP contribution in [0.15, 0.2) is 41.1 Å². The van der Waals surface area contributed by atoms with Crippen molar-refractivity contribution in [1.82, 2.24) is 4.98 Å². The molecule has 1 aromatic carbocycles. The highest BCUT2D eigenvalue weighted by Crippen LogP contribution is 2.26. The first-order valence-electron chi connectivity index (χ1n) is 5.43. The zero-order valence-electron chi connectivity index (χ0n) is 9.81. The van der Waals surface area contributed by atoms with Crippen LogP contribution in [0.3, 0.4) is 0 Å². The van der Waals surface area contributed by atoms with Crippen LogP contribution in [0.5, 0.6) is 0 Å². The Bertz CT molecular complexity index is 539. The van der Waals surface area contributed by atoms with Gasteiger partial charge in [0.15, 0.2) is 0 Å². The van der Waals surface area contributed by atoms with Crippen molar-refractivity contribution in [2.75, 3.05) is 0 Å². The molecule has 0 saturated heterocycles. The van der Waals surface area contributed by atoms with Gasteiger partial charge in [-0.2, -0.15) is 0 Å². The normalized spacial score (nSPS) is 12.5. The van der Waals surface area contributed by atoms with Crippen LogP contribution in [-0.2, 0) is 0 Å². The number of nitrogens with zero attached hydrogens (tertiary/aromatic N) is 1. The number of hydrogen-bond donors (Lipinski definition) is 1. The zero-order valence-corrected chi connectivity index (χ0v) is 11.4. The minimum absolute atomic E-state index is 0.615. The van der Waals surface area contributed by atoms with Gasteiger partial charge in [0.25, 0.3) is 0 Å². The van der Waals surface area contributed by atoms with Crippen molar-refractivity contribution in [3.8, 4) is 0 Å². The van der Waals surface area contributed by atoms with Crippen molar-refractivity contribution in [2.45, 2.75) is 20.0 Å². The summed E-state index contributed by atoms with van der Waals surface area (Å²) >= 11 is 3.42. The lowest BCUT2D eigenvalue weighted by Gasteiger charge is -2.14. The van der Waals surface area contributed by atoms with E-state index in [1.165, 1.54) is 0 Å². The highest BCUT2D eigenvalue weighted by atomic mass is 79.9. The molecule has 0 radical (unpaired) electrons. The molecule has 3 heteroatoms. The molecular formula is C14H14BrNO. The summed E-state index contributed by atoms with van der Waals surface area (Å²) in [7, 11) is 0. The third kappa shape index (κ3) is 2.73. The number of aromatic nitrogens is 1. The Morgan fingerprint density at radius 3 is 2.59 bits per heavy atom. The Balaban J connectivity index is 2.40. The van der Waals surface area contributed by atoms with E-state index >= 15 is 0 Å². The summed E-state index contributed by atoms with van der Waals surface area (Å²) in [6, 6.07) is 7.84. The van der Waals surface area contributed by atoms with Crippen LogP contribution in [0.4, 0.5) is 0 Å². The second-order valence-corrected chi connectivity index (χ2v) is 5.11. The van der Waals surface area contributed by atoms with Crippen molar-refractivity contribution >= 4 is 15.9 Å². The number of benzene rings is 1. The monoisotopic (exact) mass is 291 g/mol. The summed E-state index contributed by atoms with van der Waals surface area (Å²) in [6.07, 6.45) is 2.87. The second-order valence-electron chi connectivity index (χ2n) is 4.20. The van der Waals surface area contributed by atoms with Crippen LogP contribution in [0.1, 0.15) is 28.4 Å². The molecule has 0 bridgehead atoms. The molecule has 1 aromatic heterocycles. The molecule has 0 aliphatic heterocycles. The highest BCUT2D eigenvalue weighted by molar-refractivity contribution is 9.10. The van der Waals surface area contributed by atoms with Crippen molar-refractivity contribution in [2.24, 2.45) is 0 Å². The molecular weight excluding hydrogens is 278 g/mol. The predicted octanol–water partition coefficient (Wildman–Crippen LogP) is 3.54. The molecule has 2 aromatic rings. The summed E-state index contributed by atoms with van der Waals surface area (Å²) in [5.41, 5.74) is 3.86. The topological polar surface area (TPSA) is 33.1 Å². The van der Waals surface area contributed by atoms with E-state index in [4.69, 9.17) is 0 Å². The summed E-state index contributed by atoms with van der Waals surface area (Å²) < 4.78 is 1.02. The maximum atomic E-state index is 10.3. The summed E-state index contributed by atoms with van der Waals surface area (Å²) in [4.78, 5) is 4.11. The van der Waals surface area contributed by atoms with E-state index in [2.05, 4.69) is 20.9 Å². The fraction of sp³-hybridized carbons (Fsp3) is 0.214. The van der Waals surface area contributed by atoms with Crippen LogP contribution in [0.2, 0.25) is 0 Å². The molecule has 1 N–H and O–H groups in total. The first-order valence-corrected chi connectivity index (χ1v) is 6.23. The Labute approximate surface area is 109 Å². The van der Waals surface area contributed by atoms with Crippen molar-refractivity contribution in [3.05, 3.63) is 63.4 Å². The number of aliphatic hydroxyl groups is 1. The molecule has 0 aliphatic carbocycles. The SMILES string of the molecule is Cc1cncc(C(O)c2ccc(Br)cc2C)c1. The van der Waals surface area contributed by atoms with Crippen molar-refractivity contribution in [1.29, 1.82) is 0 Å². The molecule has 2 rings (SSSR count). The lowest BCUT2D eigenvalue weighted by Crippen LogP contribution is -2.02. The molecule has 0 aliphatic rings. The maximum Gasteiger partial charge on any atom is 0.106 e. The number of aryl methyl sites for hydroxylation is 2. The Morgan fingerprint density at radius 1 is 1.18 bits per heavy atom. The third-order valence-corrected chi connectivity index (χ3v) is 3.23. The van der Waals surface area contributed by atoms with Gasteiger partial charge >= 0.3 is 0 Å². The van der Waals surface area contributed by atoms with Gasteiger partial charge in [-0.25, -0.2) is 0 Å². The fourth-order valence-electron chi connectivity index (χ4n) is 1.85. The maximum absolute atomic E-state index is 10.3. The van der Waals surface area contributed by atoms with Crippen LogP contribution in [0, 0.1) is 13.8 Å². The third-order valence-electron chi connectivity index (χ3n) is 2.74. The molecule has 0 spiro atoms. The first kappa shape index (κ1) is 12.3. The second kappa shape index (κ2) is 4.98. The molecule has 1 unspecified atom stereocenters. The van der Waals surface area contributed by atoms with Crippen LogP contribution >= 0.6 is 15.9 Å². The predicted molar refractivity (Wildman–Crippen MR) is 71.9 cm³/mol. The quantitative estimate of drug-likeness (QED) is 0.918. The van der Waals surface area contributed by atoms with E-state index in [9.17, 15) is 5.11 Å². The van der Waals surface area contributed by atoms with E-state index in [1.807, 2.05) is 38.1 Å². The van der Waals surface area contributed by atoms with Gasteiger partial charge in [0.2, 0.25) is 0 Å². The number of rotatable bonds is 2. The minimum Gasteiger partial charge on any atom is -0.384 e. The highest BCUT2D eigenvalue weighted by Gasteiger charge is 2.13. The van der Waals surface area contributed by atoms with Gasteiger partial charge in [-0.05, 0) is 42.7 Å². The van der Waals surface area contributed by atoms with Gasteiger partial charge in [0.05, 0.1) is 0 Å². The van der Waals surface area contributed by atoms with Gasteiger partial charge in [-0.1, -0.05) is 28.1 Å². The van der Waals surface area contributed by atoms with E-state index in [0.29, 0.717) is 0 Å². The molecule has 0 saturated carbocycles. The lowest BCUT2D eigenvalue weighted by molar-refractivity contribution is 0.219. The van der Waals surface area contributed by atoms with Crippen molar-refractivity contribution in [3.63, 3.8) is 0 Å². The lowest BCUT2D eigenvalue weighted by atomic mass is 9.98. The molecule has 0 fully saturated rings. The molecule has 2 nitrogen and oxygen atoms in total. The van der Waals surface area contributed by atoms with Crippen LogP contribution < -0.4 is 0 Å². The van der Waals surface area contributed by atoms with E-state index in [1.54, 1.807) is 12.4 Å². The Morgan fingerprint density at radius 2 is 1.94 bits per heavy atom. The van der Waals surface area contributed by atoms with E-state index < -0.39 is 6.10 Å². The summed E-state index contributed by atoms with van der Waals surface area (Å²) in [5, 5.41) is 10.3. The average molecular weight is 292 g/mol. The Kier molecular flexibility index (Phi) is 3.60. The number of pyridine rings is 1. The van der Waals surface area contributed by atoms with Gasteiger partial charge in [-0.3, -0.25) is 4.98 Å². The van der Waals surface area contributed by atoms with Crippen LogP contribution in [-0.4, -0.2) is 10.1 Å². The van der Waals surface area contributed by atoms with Gasteiger partial charge in [0, 0.05) is 22.4 Å². The number of aliphatic hydroxyl groups excluding tert-OH is 1. The van der Waals surface area contributed by atoms with E-state index in [0.717, 1.165) is 26.7 Å². The molecule has 1 heterocycles. The Hall–Kier alpha value is -1.19. The van der Waals surface area contributed by atoms with E-state index in [-0.39, 0.29) is 0 Å². The van der Waals surface area contributed by atoms with Crippen molar-refractivity contribution < 1.29 is 5.11 Å². The smallest absolute Gasteiger partial charge is 0.106 e. The first-order chi connectivity index (χ1) is 8.08. The van der Waals surface area contributed by atoms with Gasteiger partial charge < -0.3 is 5.11 Å². The zero-order chi connectivity index (χ0) is 12.4. The molecule has 1 atom stereocenters. The molecule has 0 amide bonds. The summed E-state index contributed by atoms with van der Waals surface area (Å²) in [6.45, 7) is 3.96. The molecule has 88 valence electrons. The summed E-state index contributed by atoms with van der Waals surface area (Å²) in [5.74, 6) is 0. The van der Waals surface area contributed by atoms with Gasteiger partial charge in [-0.15, -0.1) is 0 Å². The number of halogens is 1. The average Bonchev–Trinajstić information content (AvgIpc) is 2.28. The largest absolute Gasteiger partial charge is 0.384 e. The number of hydrogen-bond acceptors (Lipinski definition) is 2.